The Balaban J connectivity index is 1.78. The van der Waals surface area contributed by atoms with Gasteiger partial charge in [-0.15, -0.1) is 0 Å². The first kappa shape index (κ1) is 26.5. The highest BCUT2D eigenvalue weighted by Crippen LogP contribution is 2.37. The van der Waals surface area contributed by atoms with Gasteiger partial charge in [0.1, 0.15) is 28.6 Å². The Morgan fingerprint density at radius 3 is 2.61 bits per heavy atom. The number of carbonyl (C=O) groups excluding carboxylic acids is 1. The fourth-order valence-corrected chi connectivity index (χ4v) is 3.64. The lowest BCUT2D eigenvalue weighted by atomic mass is 10.1. The van der Waals surface area contributed by atoms with E-state index in [0.717, 1.165) is 30.3 Å². The van der Waals surface area contributed by atoms with E-state index in [1.807, 2.05) is 0 Å². The van der Waals surface area contributed by atoms with Crippen molar-refractivity contribution in [3.05, 3.63) is 89.1 Å². The van der Waals surface area contributed by atoms with Crippen molar-refractivity contribution in [1.29, 1.82) is 0 Å². The van der Waals surface area contributed by atoms with Crippen LogP contribution in [-0.2, 0) is 12.7 Å². The molecule has 0 saturated carbocycles. The molecule has 4 rings (SSSR count). The number of pyridine rings is 1. The number of carbonyl (C=O) groups is 1. The molecule has 2 aromatic carbocycles. The van der Waals surface area contributed by atoms with Gasteiger partial charge in [0.15, 0.2) is 11.5 Å². The van der Waals surface area contributed by atoms with E-state index >= 15 is 0 Å². The molecule has 38 heavy (non-hydrogen) atoms. The van der Waals surface area contributed by atoms with E-state index in [0.29, 0.717) is 12.3 Å². The number of hydrogen-bond acceptors (Lipinski definition) is 7. The van der Waals surface area contributed by atoms with E-state index in [9.17, 15) is 26.7 Å². The SMILES string of the molecule is COc1ccc(-c2nc(C(=O)NCc3ccc(F)cc3F)c(C(N)/C=C/O)o2)c2ccc(C(F)(F)F)nc12. The maximum Gasteiger partial charge on any atom is 0.433 e. The van der Waals surface area contributed by atoms with Crippen LogP contribution in [0.15, 0.2) is 59.2 Å². The first-order valence-electron chi connectivity index (χ1n) is 10.9. The third-order valence-electron chi connectivity index (χ3n) is 5.48. The molecule has 0 spiro atoms. The van der Waals surface area contributed by atoms with Crippen LogP contribution >= 0.6 is 0 Å². The second-order valence-electron chi connectivity index (χ2n) is 7.92. The van der Waals surface area contributed by atoms with E-state index < -0.39 is 35.5 Å². The summed E-state index contributed by atoms with van der Waals surface area (Å²) >= 11 is 0. The second kappa shape index (κ2) is 10.5. The minimum Gasteiger partial charge on any atom is -0.516 e. The van der Waals surface area contributed by atoms with Crippen molar-refractivity contribution in [3.8, 4) is 17.2 Å². The summed E-state index contributed by atoms with van der Waals surface area (Å²) in [7, 11) is 1.27. The summed E-state index contributed by atoms with van der Waals surface area (Å²) in [5.74, 6) is -2.81. The largest absolute Gasteiger partial charge is 0.516 e. The van der Waals surface area contributed by atoms with Crippen molar-refractivity contribution >= 4 is 16.8 Å². The van der Waals surface area contributed by atoms with Gasteiger partial charge in [0, 0.05) is 29.1 Å². The Labute approximate surface area is 211 Å². The second-order valence-corrected chi connectivity index (χ2v) is 7.92. The predicted molar refractivity (Wildman–Crippen MR) is 125 cm³/mol. The molecular weight excluding hydrogens is 515 g/mol. The number of fused-ring (bicyclic) bond motifs is 1. The molecule has 8 nitrogen and oxygen atoms in total. The van der Waals surface area contributed by atoms with Gasteiger partial charge < -0.3 is 25.3 Å². The molecule has 0 aliphatic heterocycles. The van der Waals surface area contributed by atoms with Crippen molar-refractivity contribution in [3.63, 3.8) is 0 Å². The Morgan fingerprint density at radius 1 is 1.18 bits per heavy atom. The molecule has 0 bridgehead atoms. The van der Waals surface area contributed by atoms with Crippen LogP contribution < -0.4 is 15.8 Å². The molecule has 0 fully saturated rings. The fraction of sp³-hybridized carbons (Fsp3) is 0.160. The monoisotopic (exact) mass is 534 g/mol. The number of aliphatic hydroxyl groups excluding tert-OH is 1. The number of nitrogens with zero attached hydrogens (tertiary/aromatic N) is 2. The molecule has 198 valence electrons. The number of ether oxygens (including phenoxy) is 1. The van der Waals surface area contributed by atoms with E-state index in [2.05, 4.69) is 15.3 Å². The average molecular weight is 534 g/mol. The highest BCUT2D eigenvalue weighted by Gasteiger charge is 2.33. The molecule has 4 aromatic rings. The number of rotatable bonds is 7. The van der Waals surface area contributed by atoms with Gasteiger partial charge in [-0.05, 0) is 36.4 Å². The smallest absolute Gasteiger partial charge is 0.433 e. The first-order valence-corrected chi connectivity index (χ1v) is 10.9. The highest BCUT2D eigenvalue weighted by atomic mass is 19.4. The Bertz CT molecular complexity index is 1530. The molecule has 1 amide bonds. The summed E-state index contributed by atoms with van der Waals surface area (Å²) in [5.41, 5.74) is 4.57. The number of methoxy groups -OCH3 is 1. The van der Waals surface area contributed by atoms with Gasteiger partial charge in [0.25, 0.3) is 5.91 Å². The minimum absolute atomic E-state index is 0.00253. The summed E-state index contributed by atoms with van der Waals surface area (Å²) < 4.78 is 77.8. The van der Waals surface area contributed by atoms with Crippen LogP contribution in [0, 0.1) is 11.6 Å². The maximum atomic E-state index is 14.0. The normalized spacial score (nSPS) is 12.7. The molecule has 4 N–H and O–H groups in total. The number of amides is 1. The summed E-state index contributed by atoms with van der Waals surface area (Å²) in [6.07, 6.45) is -2.97. The summed E-state index contributed by atoms with van der Waals surface area (Å²) in [6.45, 7) is -0.326. The molecule has 0 radical (unpaired) electrons. The molecule has 1 atom stereocenters. The van der Waals surface area contributed by atoms with Crippen LogP contribution in [0.5, 0.6) is 5.75 Å². The quantitative estimate of drug-likeness (QED) is 0.220. The molecule has 0 saturated heterocycles. The van der Waals surface area contributed by atoms with E-state index in [-0.39, 0.29) is 51.7 Å². The summed E-state index contributed by atoms with van der Waals surface area (Å²) in [5, 5.41) is 11.7. The highest BCUT2D eigenvalue weighted by molar-refractivity contribution is 5.98. The Kier molecular flexibility index (Phi) is 7.30. The van der Waals surface area contributed by atoms with Gasteiger partial charge in [-0.2, -0.15) is 13.2 Å². The number of halogens is 5. The predicted octanol–water partition coefficient (Wildman–Crippen LogP) is 5.20. The molecular formula is C25H19F5N4O4. The molecule has 13 heteroatoms. The topological polar surface area (TPSA) is 124 Å². The van der Waals surface area contributed by atoms with Crippen molar-refractivity contribution in [1.82, 2.24) is 15.3 Å². The molecule has 0 aliphatic rings. The number of nitrogens with one attached hydrogen (secondary N) is 1. The number of oxazole rings is 1. The lowest BCUT2D eigenvalue weighted by Gasteiger charge is -2.11. The lowest BCUT2D eigenvalue weighted by molar-refractivity contribution is -0.140. The summed E-state index contributed by atoms with van der Waals surface area (Å²) in [4.78, 5) is 20.8. The maximum absolute atomic E-state index is 14.0. The number of hydrogen-bond donors (Lipinski definition) is 3. The minimum atomic E-state index is -4.70. The Hall–Kier alpha value is -4.52. The van der Waals surface area contributed by atoms with Gasteiger partial charge in [-0.1, -0.05) is 6.07 Å². The van der Waals surface area contributed by atoms with Crippen molar-refractivity contribution in [2.24, 2.45) is 5.73 Å². The van der Waals surface area contributed by atoms with Crippen molar-refractivity contribution in [2.45, 2.75) is 18.8 Å². The fourth-order valence-electron chi connectivity index (χ4n) is 3.64. The molecule has 2 heterocycles. The van der Waals surface area contributed by atoms with Crippen LogP contribution in [0.3, 0.4) is 0 Å². The lowest BCUT2D eigenvalue weighted by Crippen LogP contribution is -2.26. The van der Waals surface area contributed by atoms with Crippen LogP contribution in [0.25, 0.3) is 22.4 Å². The van der Waals surface area contributed by atoms with Crippen LogP contribution in [0.1, 0.15) is 33.5 Å². The first-order chi connectivity index (χ1) is 18.0. The Morgan fingerprint density at radius 2 is 1.95 bits per heavy atom. The van der Waals surface area contributed by atoms with Gasteiger partial charge in [-0.25, -0.2) is 18.7 Å². The van der Waals surface area contributed by atoms with Gasteiger partial charge in [0.05, 0.1) is 19.4 Å². The van der Waals surface area contributed by atoms with E-state index in [1.54, 1.807) is 0 Å². The molecule has 0 aliphatic carbocycles. The number of aliphatic hydroxyl groups is 1. The zero-order valence-corrected chi connectivity index (χ0v) is 19.5. The third-order valence-corrected chi connectivity index (χ3v) is 5.48. The number of aromatic nitrogens is 2. The van der Waals surface area contributed by atoms with Gasteiger partial charge in [-0.3, -0.25) is 4.79 Å². The average Bonchev–Trinajstić information content (AvgIpc) is 3.32. The van der Waals surface area contributed by atoms with Gasteiger partial charge >= 0.3 is 6.18 Å². The molecule has 2 aromatic heterocycles. The van der Waals surface area contributed by atoms with E-state index in [1.165, 1.54) is 19.2 Å². The van der Waals surface area contributed by atoms with Crippen molar-refractivity contribution < 1.29 is 41.0 Å². The molecule has 1 unspecified atom stereocenters. The van der Waals surface area contributed by atoms with E-state index in [4.69, 9.17) is 20.0 Å². The third kappa shape index (κ3) is 5.27. The summed E-state index contributed by atoms with van der Waals surface area (Å²) in [6, 6.07) is 6.46. The number of benzene rings is 2. The number of nitrogens with two attached hydrogens (primary N) is 1. The van der Waals surface area contributed by atoms with Gasteiger partial charge in [0.2, 0.25) is 5.89 Å². The standard InChI is InChI=1S/C25H19F5N4O4/c1-37-18-6-4-15(14-5-7-19(25(28,29)30)33-20(14)18)24-34-21(22(38-24)17(31)8-9-35)23(36)32-11-12-2-3-13(26)10-16(12)27/h2-10,17,35H,11,31H2,1H3,(H,32,36)/b9-8+. The van der Waals surface area contributed by atoms with Crippen LogP contribution in [-0.4, -0.2) is 28.1 Å². The number of alkyl halides is 3. The van der Waals surface area contributed by atoms with Crippen molar-refractivity contribution in [2.75, 3.05) is 7.11 Å². The van der Waals surface area contributed by atoms with Crippen LogP contribution in [0.4, 0.5) is 22.0 Å². The zero-order chi connectivity index (χ0) is 27.6. The van der Waals surface area contributed by atoms with Crippen LogP contribution in [0.2, 0.25) is 0 Å². The zero-order valence-electron chi connectivity index (χ0n) is 19.5.